The number of carbonyl (C=O) groups is 1. The third-order valence-electron chi connectivity index (χ3n) is 4.04. The van der Waals surface area contributed by atoms with Crippen molar-refractivity contribution in [2.24, 2.45) is 0 Å². The standard InChI is InChI=1S/C20H27NO4/c1-20(2,19(22)23-3)25-14-10-5-4-9-13-17-15-24-18(21-17)16-11-7-6-8-12-16/h6-8,11-12,15H,4-5,9-10,13-14H2,1-3H3. The van der Waals surface area contributed by atoms with Crippen molar-refractivity contribution >= 4 is 5.97 Å². The minimum absolute atomic E-state index is 0.340. The predicted molar refractivity (Wildman–Crippen MR) is 96.2 cm³/mol. The maximum Gasteiger partial charge on any atom is 0.337 e. The van der Waals surface area contributed by atoms with E-state index in [1.165, 1.54) is 7.11 Å². The average molecular weight is 345 g/mol. The molecule has 0 N–H and O–H groups in total. The number of aromatic nitrogens is 1. The number of esters is 1. The molecule has 2 aromatic rings. The summed E-state index contributed by atoms with van der Waals surface area (Å²) in [5, 5.41) is 0. The van der Waals surface area contributed by atoms with E-state index in [9.17, 15) is 4.79 Å². The molecule has 0 atom stereocenters. The lowest BCUT2D eigenvalue weighted by Gasteiger charge is -2.22. The Kier molecular flexibility index (Phi) is 7.19. The maximum atomic E-state index is 11.5. The molecule has 5 heteroatoms. The lowest BCUT2D eigenvalue weighted by Crippen LogP contribution is -2.36. The zero-order chi connectivity index (χ0) is 18.1. The average Bonchev–Trinajstić information content (AvgIpc) is 3.09. The van der Waals surface area contributed by atoms with Crippen LogP contribution in [0.15, 0.2) is 41.0 Å². The molecule has 0 unspecified atom stereocenters. The Morgan fingerprint density at radius 2 is 1.84 bits per heavy atom. The molecule has 136 valence electrons. The number of benzene rings is 1. The summed E-state index contributed by atoms with van der Waals surface area (Å²) in [7, 11) is 1.38. The van der Waals surface area contributed by atoms with Gasteiger partial charge < -0.3 is 13.9 Å². The Morgan fingerprint density at radius 3 is 2.56 bits per heavy atom. The van der Waals surface area contributed by atoms with E-state index in [-0.39, 0.29) is 5.97 Å². The Labute approximate surface area is 149 Å². The van der Waals surface area contributed by atoms with Crippen LogP contribution in [-0.4, -0.2) is 30.3 Å². The van der Waals surface area contributed by atoms with Crippen molar-refractivity contribution in [3.63, 3.8) is 0 Å². The van der Waals surface area contributed by atoms with Gasteiger partial charge in [-0.2, -0.15) is 0 Å². The van der Waals surface area contributed by atoms with E-state index in [0.29, 0.717) is 12.5 Å². The van der Waals surface area contributed by atoms with Crippen molar-refractivity contribution in [1.29, 1.82) is 0 Å². The Morgan fingerprint density at radius 1 is 1.12 bits per heavy atom. The van der Waals surface area contributed by atoms with E-state index in [2.05, 4.69) is 4.98 Å². The third-order valence-corrected chi connectivity index (χ3v) is 4.04. The van der Waals surface area contributed by atoms with E-state index in [0.717, 1.165) is 43.4 Å². The summed E-state index contributed by atoms with van der Waals surface area (Å²) in [6.07, 6.45) is 6.78. The van der Waals surface area contributed by atoms with Gasteiger partial charge in [0.15, 0.2) is 5.60 Å². The molecule has 0 spiro atoms. The highest BCUT2D eigenvalue weighted by Gasteiger charge is 2.29. The van der Waals surface area contributed by atoms with E-state index >= 15 is 0 Å². The number of hydrogen-bond acceptors (Lipinski definition) is 5. The number of aryl methyl sites for hydroxylation is 1. The summed E-state index contributed by atoms with van der Waals surface area (Å²) in [4.78, 5) is 16.0. The highest BCUT2D eigenvalue weighted by molar-refractivity contribution is 5.78. The van der Waals surface area contributed by atoms with Gasteiger partial charge in [-0.25, -0.2) is 9.78 Å². The highest BCUT2D eigenvalue weighted by Crippen LogP contribution is 2.19. The monoisotopic (exact) mass is 345 g/mol. The summed E-state index contributed by atoms with van der Waals surface area (Å²) in [6.45, 7) is 4.02. The molecule has 0 bridgehead atoms. The molecule has 5 nitrogen and oxygen atoms in total. The second kappa shape index (κ2) is 9.37. The van der Waals surface area contributed by atoms with Gasteiger partial charge in [0.2, 0.25) is 5.89 Å². The summed E-state index contributed by atoms with van der Waals surface area (Å²) in [5.41, 5.74) is 1.12. The molecule has 0 saturated carbocycles. The maximum absolute atomic E-state index is 11.5. The van der Waals surface area contributed by atoms with Crippen molar-refractivity contribution in [2.45, 2.75) is 51.6 Å². The van der Waals surface area contributed by atoms with Crippen LogP contribution in [0.5, 0.6) is 0 Å². The van der Waals surface area contributed by atoms with Crippen molar-refractivity contribution < 1.29 is 18.7 Å². The number of nitrogens with zero attached hydrogens (tertiary/aromatic N) is 1. The minimum Gasteiger partial charge on any atom is -0.467 e. The Bertz CT molecular complexity index is 649. The summed E-state index contributed by atoms with van der Waals surface area (Å²) < 4.78 is 15.9. The highest BCUT2D eigenvalue weighted by atomic mass is 16.6. The largest absolute Gasteiger partial charge is 0.467 e. The molecule has 0 amide bonds. The molecular weight excluding hydrogens is 318 g/mol. The Hall–Kier alpha value is -2.14. The fourth-order valence-corrected chi connectivity index (χ4v) is 2.53. The normalized spacial score (nSPS) is 11.5. The van der Waals surface area contributed by atoms with Gasteiger partial charge in [0.1, 0.15) is 6.26 Å². The van der Waals surface area contributed by atoms with Crippen LogP contribution in [0.4, 0.5) is 0 Å². The van der Waals surface area contributed by atoms with Gasteiger partial charge >= 0.3 is 5.97 Å². The van der Waals surface area contributed by atoms with Gasteiger partial charge in [-0.05, 0) is 45.2 Å². The van der Waals surface area contributed by atoms with Crippen molar-refractivity contribution in [3.05, 3.63) is 42.3 Å². The van der Waals surface area contributed by atoms with E-state index in [4.69, 9.17) is 13.9 Å². The van der Waals surface area contributed by atoms with Crippen LogP contribution >= 0.6 is 0 Å². The van der Waals surface area contributed by atoms with Gasteiger partial charge in [-0.1, -0.05) is 31.0 Å². The number of hydrogen-bond donors (Lipinski definition) is 0. The second-order valence-electron chi connectivity index (χ2n) is 6.52. The molecule has 1 aromatic carbocycles. The minimum atomic E-state index is -0.872. The molecule has 2 rings (SSSR count). The summed E-state index contributed by atoms with van der Waals surface area (Å²) in [6, 6.07) is 9.91. The number of rotatable bonds is 10. The summed E-state index contributed by atoms with van der Waals surface area (Å²) >= 11 is 0. The molecule has 1 aromatic heterocycles. The SMILES string of the molecule is COC(=O)C(C)(C)OCCCCCCc1coc(-c2ccccc2)n1. The first kappa shape index (κ1) is 19.2. The number of carbonyl (C=O) groups excluding carboxylic acids is 1. The Balaban J connectivity index is 1.61. The van der Waals surface area contributed by atoms with Gasteiger partial charge in [0.25, 0.3) is 0 Å². The zero-order valence-electron chi connectivity index (χ0n) is 15.3. The van der Waals surface area contributed by atoms with Crippen molar-refractivity contribution in [3.8, 4) is 11.5 Å². The third kappa shape index (κ3) is 6.02. The van der Waals surface area contributed by atoms with E-state index < -0.39 is 5.60 Å². The molecule has 0 saturated heterocycles. The lowest BCUT2D eigenvalue weighted by atomic mass is 10.1. The molecule has 0 aliphatic carbocycles. The quantitative estimate of drug-likeness (QED) is 0.471. The van der Waals surface area contributed by atoms with Crippen molar-refractivity contribution in [1.82, 2.24) is 4.98 Å². The van der Waals surface area contributed by atoms with Crippen LogP contribution in [0.2, 0.25) is 0 Å². The van der Waals surface area contributed by atoms with Gasteiger partial charge in [0.05, 0.1) is 12.8 Å². The van der Waals surface area contributed by atoms with Crippen LogP contribution in [0.1, 0.15) is 45.2 Å². The smallest absolute Gasteiger partial charge is 0.337 e. The van der Waals surface area contributed by atoms with Crippen LogP contribution in [-0.2, 0) is 20.7 Å². The molecule has 0 aliphatic heterocycles. The second-order valence-corrected chi connectivity index (χ2v) is 6.52. The van der Waals surface area contributed by atoms with E-state index in [1.54, 1.807) is 20.1 Å². The van der Waals surface area contributed by atoms with Crippen LogP contribution in [0, 0.1) is 0 Å². The number of unbranched alkanes of at least 4 members (excludes halogenated alkanes) is 3. The molecular formula is C20H27NO4. The lowest BCUT2D eigenvalue weighted by molar-refractivity contribution is -0.165. The predicted octanol–water partition coefficient (Wildman–Crippen LogP) is 4.41. The fraction of sp³-hybridized carbons (Fsp3) is 0.500. The van der Waals surface area contributed by atoms with E-state index in [1.807, 2.05) is 30.3 Å². The summed E-state index contributed by atoms with van der Waals surface area (Å²) in [5.74, 6) is 0.335. The topological polar surface area (TPSA) is 61.6 Å². The van der Waals surface area contributed by atoms with Gasteiger partial charge in [-0.15, -0.1) is 0 Å². The number of ether oxygens (including phenoxy) is 2. The number of oxazole rings is 1. The van der Waals surface area contributed by atoms with Gasteiger partial charge in [0, 0.05) is 12.2 Å². The molecule has 25 heavy (non-hydrogen) atoms. The molecule has 0 aliphatic rings. The zero-order valence-corrected chi connectivity index (χ0v) is 15.3. The first-order valence-corrected chi connectivity index (χ1v) is 8.75. The first-order valence-electron chi connectivity index (χ1n) is 8.75. The fourth-order valence-electron chi connectivity index (χ4n) is 2.53. The molecule has 0 radical (unpaired) electrons. The van der Waals surface area contributed by atoms with Crippen LogP contribution in [0.25, 0.3) is 11.5 Å². The van der Waals surface area contributed by atoms with Crippen molar-refractivity contribution in [2.75, 3.05) is 13.7 Å². The molecule has 0 fully saturated rings. The first-order chi connectivity index (χ1) is 12.0. The van der Waals surface area contributed by atoms with Crippen LogP contribution in [0.3, 0.4) is 0 Å². The molecule has 1 heterocycles. The van der Waals surface area contributed by atoms with Gasteiger partial charge in [-0.3, -0.25) is 0 Å². The van der Waals surface area contributed by atoms with Crippen LogP contribution < -0.4 is 0 Å². The number of methoxy groups -OCH3 is 1.